The molecule has 0 amide bonds. The van der Waals surface area contributed by atoms with Gasteiger partial charge in [-0.25, -0.2) is 0 Å². The van der Waals surface area contributed by atoms with Crippen LogP contribution in [0.15, 0.2) is 121 Å². The fraction of sp³-hybridized carbons (Fsp3) is 0.292. The van der Waals surface area contributed by atoms with Crippen LogP contribution < -0.4 is 21.2 Å². The van der Waals surface area contributed by atoms with E-state index >= 15 is 0 Å². The van der Waals surface area contributed by atoms with Crippen LogP contribution in [0.25, 0.3) is 0 Å². The fourth-order valence-electron chi connectivity index (χ4n) is 6.69. The Morgan fingerprint density at radius 3 is 0.962 bits per heavy atom. The molecule has 10 radical (unpaired) electrons. The molecule has 4 heteroatoms. The molecule has 52 heavy (non-hydrogen) atoms. The van der Waals surface area contributed by atoms with Crippen molar-refractivity contribution in [1.29, 1.82) is 0 Å². The molecule has 0 heterocycles. The standard InChI is InChI=1S/C33H31P2.C15H26P.Fe/c1-33(2,3)26-24-31(34(27-16-8-4-9-17-27)28-18-10-5-11-19-28)32(25-26)35(29-20-12-6-13-21-29)30-22-14-7-15-23-30;1-11(2)16(12(3)4)14-9-8-13(10-14)15(5,6)7;/h4-25H,1-3H3;8-12H,1-7H3;. The largest absolute Gasteiger partial charge is 0.0935 e. The Morgan fingerprint density at radius 2 is 0.712 bits per heavy atom. The van der Waals surface area contributed by atoms with Crippen LogP contribution in [0.1, 0.15) is 69.2 Å². The summed E-state index contributed by atoms with van der Waals surface area (Å²) in [6.07, 6.45) is 12.1. The van der Waals surface area contributed by atoms with E-state index < -0.39 is 15.8 Å². The monoisotopic (exact) mass is 782 g/mol. The first-order valence-electron chi connectivity index (χ1n) is 18.4. The van der Waals surface area contributed by atoms with Gasteiger partial charge in [0.25, 0.3) is 0 Å². The molecule has 2 fully saturated rings. The maximum absolute atomic E-state index is 2.52. The van der Waals surface area contributed by atoms with Gasteiger partial charge in [-0.3, -0.25) is 0 Å². The summed E-state index contributed by atoms with van der Waals surface area (Å²) in [6.45, 7) is 23.3. The van der Waals surface area contributed by atoms with E-state index in [1.165, 1.54) is 44.4 Å². The molecule has 0 spiro atoms. The minimum absolute atomic E-state index is 0. The summed E-state index contributed by atoms with van der Waals surface area (Å²) in [6, 6.07) is 44.4. The van der Waals surface area contributed by atoms with Crippen molar-refractivity contribution < 1.29 is 17.1 Å². The zero-order valence-electron chi connectivity index (χ0n) is 32.8. The molecule has 0 saturated heterocycles. The van der Waals surface area contributed by atoms with Crippen LogP contribution in [-0.2, 0) is 17.1 Å². The van der Waals surface area contributed by atoms with Gasteiger partial charge in [-0.15, -0.1) is 0 Å². The van der Waals surface area contributed by atoms with Crippen molar-refractivity contribution in [1.82, 2.24) is 0 Å². The van der Waals surface area contributed by atoms with Gasteiger partial charge in [0.05, 0.1) is 0 Å². The van der Waals surface area contributed by atoms with Gasteiger partial charge in [0.2, 0.25) is 0 Å². The van der Waals surface area contributed by atoms with Crippen LogP contribution in [0.2, 0.25) is 0 Å². The second-order valence-electron chi connectivity index (χ2n) is 16.0. The predicted molar refractivity (Wildman–Crippen MR) is 232 cm³/mol. The molecule has 2 aliphatic carbocycles. The average Bonchev–Trinajstić information content (AvgIpc) is 3.76. The molecule has 4 aromatic rings. The molecule has 4 aromatic carbocycles. The third-order valence-electron chi connectivity index (χ3n) is 9.27. The molecule has 0 nitrogen and oxygen atoms in total. The maximum atomic E-state index is 2.52. The average molecular weight is 783 g/mol. The molecule has 6 rings (SSSR count). The minimum atomic E-state index is -0.690. The Labute approximate surface area is 333 Å². The molecule has 0 atom stereocenters. The number of hydrogen-bond acceptors (Lipinski definition) is 0. The Bertz CT molecular complexity index is 1400. The van der Waals surface area contributed by atoms with E-state index in [0.717, 1.165) is 11.3 Å². The molecule has 0 aliphatic heterocycles. The SMILES string of the molecule is CC(C)(C)[C]1[CH][C](P(c2ccccc2)c2ccccc2)[C](P(c2ccccc2)c2ccccc2)[CH]1.CC(C)P([C]1[CH][CH][C](C(C)(C)C)[CH]1)C(C)C.[Fe]. The van der Waals surface area contributed by atoms with Gasteiger partial charge in [-0.05, 0) is 103 Å². The zero-order valence-corrected chi connectivity index (χ0v) is 36.6. The van der Waals surface area contributed by atoms with Crippen molar-refractivity contribution in [2.75, 3.05) is 0 Å². The first-order valence-corrected chi connectivity index (χ1v) is 22.6. The van der Waals surface area contributed by atoms with Crippen molar-refractivity contribution in [3.05, 3.63) is 182 Å². The van der Waals surface area contributed by atoms with Crippen molar-refractivity contribution in [2.45, 2.75) is 80.6 Å². The summed E-state index contributed by atoms with van der Waals surface area (Å²) >= 11 is 0. The molecule has 2 aliphatic rings. The molecule has 0 N–H and O–H groups in total. The maximum Gasteiger partial charge on any atom is 0.0251 e. The second-order valence-corrected chi connectivity index (χ2v) is 23.7. The van der Waals surface area contributed by atoms with Crippen molar-refractivity contribution in [2.24, 2.45) is 10.8 Å². The second kappa shape index (κ2) is 19.5. The van der Waals surface area contributed by atoms with Gasteiger partial charge in [-0.2, -0.15) is 0 Å². The number of hydrogen-bond donors (Lipinski definition) is 0. The van der Waals surface area contributed by atoms with Crippen molar-refractivity contribution in [3.63, 3.8) is 0 Å². The van der Waals surface area contributed by atoms with Gasteiger partial charge >= 0.3 is 0 Å². The Balaban J connectivity index is 0.000000301. The third-order valence-corrected chi connectivity index (χ3v) is 17.5. The zero-order chi connectivity index (χ0) is 36.8. The Kier molecular flexibility index (Phi) is 16.3. The van der Waals surface area contributed by atoms with E-state index in [0.29, 0.717) is 0 Å². The number of benzene rings is 4. The normalized spacial score (nSPS) is 17.0. The summed E-state index contributed by atoms with van der Waals surface area (Å²) in [5.41, 5.74) is 6.49. The smallest absolute Gasteiger partial charge is 0.0251 e. The van der Waals surface area contributed by atoms with Crippen molar-refractivity contribution in [3.8, 4) is 0 Å². The van der Waals surface area contributed by atoms with Crippen LogP contribution in [0.4, 0.5) is 0 Å². The molecule has 0 bridgehead atoms. The van der Waals surface area contributed by atoms with E-state index in [9.17, 15) is 0 Å². The van der Waals surface area contributed by atoms with E-state index in [4.69, 9.17) is 0 Å². The third kappa shape index (κ3) is 11.1. The van der Waals surface area contributed by atoms with Crippen LogP contribution >= 0.6 is 23.8 Å². The van der Waals surface area contributed by atoms with E-state index in [-0.39, 0.29) is 35.8 Å². The predicted octanol–water partition coefficient (Wildman–Crippen LogP) is 12.4. The van der Waals surface area contributed by atoms with Gasteiger partial charge in [-0.1, -0.05) is 198 Å². The first kappa shape index (κ1) is 43.4. The quantitative estimate of drug-likeness (QED) is 0.117. The van der Waals surface area contributed by atoms with E-state index in [2.05, 4.69) is 223 Å². The summed E-state index contributed by atoms with van der Waals surface area (Å²) in [7, 11) is -1.38. The van der Waals surface area contributed by atoms with Crippen LogP contribution in [0, 0.1) is 71.7 Å². The van der Waals surface area contributed by atoms with Crippen LogP contribution in [0.5, 0.6) is 0 Å². The van der Waals surface area contributed by atoms with Crippen molar-refractivity contribution >= 4 is 45.0 Å². The molecule has 272 valence electrons. The topological polar surface area (TPSA) is 0 Å². The van der Waals surface area contributed by atoms with Gasteiger partial charge in [0.15, 0.2) is 0 Å². The van der Waals surface area contributed by atoms with Crippen LogP contribution in [-0.4, -0.2) is 11.3 Å². The summed E-state index contributed by atoms with van der Waals surface area (Å²) in [4.78, 5) is 0. The molecular formula is C48H57FeP3. The van der Waals surface area contributed by atoms with E-state index in [1.54, 1.807) is 5.66 Å². The summed E-state index contributed by atoms with van der Waals surface area (Å²) < 4.78 is 0. The minimum Gasteiger partial charge on any atom is -0.0935 e. The van der Waals surface area contributed by atoms with Crippen LogP contribution in [0.3, 0.4) is 0 Å². The molecule has 2 saturated carbocycles. The number of rotatable bonds is 9. The fourth-order valence-corrected chi connectivity index (χ4v) is 14.9. The summed E-state index contributed by atoms with van der Waals surface area (Å²) in [5, 5.41) is 5.60. The molecular weight excluding hydrogens is 725 g/mol. The van der Waals surface area contributed by atoms with Gasteiger partial charge in [0, 0.05) is 34.0 Å². The Morgan fingerprint density at radius 1 is 0.404 bits per heavy atom. The van der Waals surface area contributed by atoms with E-state index in [1.807, 2.05) is 0 Å². The molecule has 0 unspecified atom stereocenters. The van der Waals surface area contributed by atoms with Gasteiger partial charge in [0.1, 0.15) is 0 Å². The summed E-state index contributed by atoms with van der Waals surface area (Å²) in [5.74, 6) is 2.90. The van der Waals surface area contributed by atoms with Gasteiger partial charge < -0.3 is 0 Å². The molecule has 0 aromatic heterocycles. The first-order chi connectivity index (χ1) is 24.3. The Hall–Kier alpha value is -1.31.